The minimum atomic E-state index is -0.951. The van der Waals surface area contributed by atoms with Crippen LogP contribution in [0, 0.1) is 5.92 Å². The lowest BCUT2D eigenvalue weighted by Crippen LogP contribution is -2.15. The van der Waals surface area contributed by atoms with E-state index in [1.54, 1.807) is 0 Å². The molecule has 0 aliphatic heterocycles. The van der Waals surface area contributed by atoms with Crippen LogP contribution in [-0.2, 0) is 0 Å². The minimum Gasteiger partial charge on any atom is -0.0989 e. The fourth-order valence-electron chi connectivity index (χ4n) is 1.81. The van der Waals surface area contributed by atoms with Crippen molar-refractivity contribution in [2.75, 3.05) is 0 Å². The Morgan fingerprint density at radius 2 is 1.50 bits per heavy atom. The lowest BCUT2D eigenvalue weighted by atomic mass is 9.95. The molecular formula is C13H28Si. The molecule has 0 amide bonds. The first-order valence-corrected chi connectivity index (χ1v) is 9.75. The molecule has 0 aliphatic carbocycles. The third kappa shape index (κ3) is 8.55. The van der Waals surface area contributed by atoms with Gasteiger partial charge >= 0.3 is 0 Å². The molecule has 0 saturated heterocycles. The van der Waals surface area contributed by atoms with Gasteiger partial charge in [-0.2, -0.15) is 0 Å². The molecule has 0 heterocycles. The summed E-state index contributed by atoms with van der Waals surface area (Å²) in [4.78, 5) is 0. The SMILES string of the molecule is CCCC(C/C=C/[Si](C)(C)C)CCC. The van der Waals surface area contributed by atoms with Crippen molar-refractivity contribution in [2.45, 2.75) is 65.6 Å². The maximum atomic E-state index is 2.49. The van der Waals surface area contributed by atoms with Crippen molar-refractivity contribution in [2.24, 2.45) is 5.92 Å². The molecule has 0 bridgehead atoms. The Labute approximate surface area is 91.8 Å². The van der Waals surface area contributed by atoms with E-state index in [2.05, 4.69) is 45.3 Å². The third-order valence-corrected chi connectivity index (χ3v) is 3.72. The molecule has 0 aromatic heterocycles. The fourth-order valence-corrected chi connectivity index (χ4v) is 2.65. The van der Waals surface area contributed by atoms with E-state index >= 15 is 0 Å². The predicted octanol–water partition coefficient (Wildman–Crippen LogP) is 5.03. The summed E-state index contributed by atoms with van der Waals surface area (Å²) in [6, 6.07) is 0. The normalized spacial score (nSPS) is 13.0. The maximum absolute atomic E-state index is 2.49. The van der Waals surface area contributed by atoms with Gasteiger partial charge in [0.05, 0.1) is 8.07 Å². The zero-order valence-electron chi connectivity index (χ0n) is 10.8. The second-order valence-electron chi connectivity index (χ2n) is 5.45. The van der Waals surface area contributed by atoms with Gasteiger partial charge in [0.2, 0.25) is 0 Å². The Balaban J connectivity index is 3.86. The summed E-state index contributed by atoms with van der Waals surface area (Å²) in [6.07, 6.45) is 9.25. The minimum absolute atomic E-state index is 0.942. The summed E-state index contributed by atoms with van der Waals surface area (Å²) in [7, 11) is -0.951. The summed E-state index contributed by atoms with van der Waals surface area (Å²) in [5.41, 5.74) is 2.49. The molecule has 0 fully saturated rings. The van der Waals surface area contributed by atoms with E-state index in [4.69, 9.17) is 0 Å². The average Bonchev–Trinajstić information content (AvgIpc) is 2.02. The van der Waals surface area contributed by atoms with E-state index in [1.807, 2.05) is 0 Å². The largest absolute Gasteiger partial charge is 0.0989 e. The molecule has 14 heavy (non-hydrogen) atoms. The topological polar surface area (TPSA) is 0 Å². The van der Waals surface area contributed by atoms with Crippen LogP contribution in [-0.4, -0.2) is 8.07 Å². The van der Waals surface area contributed by atoms with Crippen LogP contribution in [0.25, 0.3) is 0 Å². The van der Waals surface area contributed by atoms with Crippen LogP contribution in [0.1, 0.15) is 46.0 Å². The van der Waals surface area contributed by atoms with Crippen molar-refractivity contribution in [3.05, 3.63) is 11.8 Å². The molecule has 84 valence electrons. The van der Waals surface area contributed by atoms with Gasteiger partial charge in [0.15, 0.2) is 0 Å². The molecule has 0 saturated carbocycles. The van der Waals surface area contributed by atoms with Gasteiger partial charge in [-0.05, 0) is 12.3 Å². The zero-order chi connectivity index (χ0) is 11.0. The molecular weight excluding hydrogens is 184 g/mol. The quantitative estimate of drug-likeness (QED) is 0.519. The van der Waals surface area contributed by atoms with E-state index in [1.165, 1.54) is 32.1 Å². The van der Waals surface area contributed by atoms with Gasteiger partial charge in [0, 0.05) is 0 Å². The molecule has 0 spiro atoms. The maximum Gasteiger partial charge on any atom is 0.0682 e. The van der Waals surface area contributed by atoms with Crippen molar-refractivity contribution in [3.8, 4) is 0 Å². The van der Waals surface area contributed by atoms with Crippen LogP contribution in [0.15, 0.2) is 11.8 Å². The number of rotatable bonds is 7. The van der Waals surface area contributed by atoms with E-state index in [0.717, 1.165) is 5.92 Å². The second-order valence-corrected chi connectivity index (χ2v) is 10.5. The lowest BCUT2D eigenvalue weighted by Gasteiger charge is -2.14. The van der Waals surface area contributed by atoms with Crippen molar-refractivity contribution in [1.82, 2.24) is 0 Å². The molecule has 0 atom stereocenters. The highest BCUT2D eigenvalue weighted by molar-refractivity contribution is 6.80. The van der Waals surface area contributed by atoms with Gasteiger partial charge in [-0.25, -0.2) is 0 Å². The summed E-state index contributed by atoms with van der Waals surface area (Å²) in [5.74, 6) is 0.942. The smallest absolute Gasteiger partial charge is 0.0682 e. The van der Waals surface area contributed by atoms with Gasteiger partial charge in [0.1, 0.15) is 0 Å². The van der Waals surface area contributed by atoms with Gasteiger partial charge in [-0.3, -0.25) is 0 Å². The Morgan fingerprint density at radius 1 is 1.00 bits per heavy atom. The standard InChI is InChI=1S/C13H28Si/c1-6-9-13(10-7-2)11-8-12-14(3,4)5/h8,12-13H,6-7,9-11H2,1-5H3/b12-8+. The Kier molecular flexibility index (Phi) is 7.25. The number of hydrogen-bond acceptors (Lipinski definition) is 0. The van der Waals surface area contributed by atoms with Crippen LogP contribution < -0.4 is 0 Å². The highest BCUT2D eigenvalue weighted by Gasteiger charge is 2.08. The predicted molar refractivity (Wildman–Crippen MR) is 70.4 cm³/mol. The van der Waals surface area contributed by atoms with Crippen molar-refractivity contribution in [3.63, 3.8) is 0 Å². The highest BCUT2D eigenvalue weighted by atomic mass is 28.3. The lowest BCUT2D eigenvalue weighted by molar-refractivity contribution is 0.445. The van der Waals surface area contributed by atoms with Crippen molar-refractivity contribution in [1.29, 1.82) is 0 Å². The van der Waals surface area contributed by atoms with E-state index in [0.29, 0.717) is 0 Å². The average molecular weight is 212 g/mol. The molecule has 0 N–H and O–H groups in total. The van der Waals surface area contributed by atoms with Crippen LogP contribution in [0.2, 0.25) is 19.6 Å². The van der Waals surface area contributed by atoms with E-state index in [9.17, 15) is 0 Å². The van der Waals surface area contributed by atoms with Gasteiger partial charge in [0.25, 0.3) is 0 Å². The van der Waals surface area contributed by atoms with E-state index in [-0.39, 0.29) is 0 Å². The van der Waals surface area contributed by atoms with Crippen LogP contribution in [0.5, 0.6) is 0 Å². The summed E-state index contributed by atoms with van der Waals surface area (Å²) in [6.45, 7) is 11.8. The Morgan fingerprint density at radius 3 is 1.86 bits per heavy atom. The van der Waals surface area contributed by atoms with Crippen molar-refractivity contribution >= 4 is 8.07 Å². The monoisotopic (exact) mass is 212 g/mol. The summed E-state index contributed by atoms with van der Waals surface area (Å²) < 4.78 is 0. The highest BCUT2D eigenvalue weighted by Crippen LogP contribution is 2.18. The zero-order valence-corrected chi connectivity index (χ0v) is 11.8. The Hall–Kier alpha value is -0.0431. The summed E-state index contributed by atoms with van der Waals surface area (Å²) in [5, 5.41) is 0. The van der Waals surface area contributed by atoms with Crippen LogP contribution >= 0.6 is 0 Å². The summed E-state index contributed by atoms with van der Waals surface area (Å²) >= 11 is 0. The molecule has 0 unspecified atom stereocenters. The van der Waals surface area contributed by atoms with Gasteiger partial charge in [-0.1, -0.05) is 70.9 Å². The molecule has 0 aliphatic rings. The third-order valence-electron chi connectivity index (χ3n) is 2.48. The van der Waals surface area contributed by atoms with Crippen LogP contribution in [0.4, 0.5) is 0 Å². The molecule has 0 radical (unpaired) electrons. The number of allylic oxidation sites excluding steroid dienone is 1. The molecule has 0 aromatic carbocycles. The molecule has 0 nitrogen and oxygen atoms in total. The Bertz CT molecular complexity index is 147. The first-order valence-electron chi connectivity index (χ1n) is 6.17. The first-order chi connectivity index (χ1) is 6.49. The van der Waals surface area contributed by atoms with Crippen molar-refractivity contribution < 1.29 is 0 Å². The molecule has 0 rings (SSSR count). The fraction of sp³-hybridized carbons (Fsp3) is 0.846. The van der Waals surface area contributed by atoms with E-state index < -0.39 is 8.07 Å². The second kappa shape index (κ2) is 7.28. The number of hydrogen-bond donors (Lipinski definition) is 0. The molecule has 0 aromatic rings. The van der Waals surface area contributed by atoms with Gasteiger partial charge in [-0.15, -0.1) is 0 Å². The van der Waals surface area contributed by atoms with Crippen LogP contribution in [0.3, 0.4) is 0 Å². The molecule has 1 heteroatoms. The van der Waals surface area contributed by atoms with Gasteiger partial charge < -0.3 is 0 Å². The first kappa shape index (κ1) is 14.0.